The van der Waals surface area contributed by atoms with Gasteiger partial charge in [-0.1, -0.05) is 7.43 Å². The molecule has 0 amide bonds. The maximum absolute atomic E-state index is 0. The summed E-state index contributed by atoms with van der Waals surface area (Å²) < 4.78 is 0. The van der Waals surface area contributed by atoms with Crippen molar-refractivity contribution in [3.05, 3.63) is 0 Å². The molecule has 0 radical (unpaired) electrons. The molecular formula is CH7ClFI. The molecular weight excluding hydrogens is 193 g/mol. The van der Waals surface area contributed by atoms with Crippen molar-refractivity contribution in [1.29, 1.82) is 0 Å². The average Bonchev–Trinajstić information content (AvgIpc) is 0. The molecule has 32 valence electrons. The van der Waals surface area contributed by atoms with Gasteiger partial charge in [0.15, 0.2) is 0 Å². The molecule has 0 nitrogen and oxygen atoms in total. The smallest absolute Gasteiger partial charge is 0.0776 e. The summed E-state index contributed by atoms with van der Waals surface area (Å²) in [4.78, 5) is 0. The Morgan fingerprint density at radius 2 is 1.00 bits per heavy atom. The van der Waals surface area contributed by atoms with Crippen molar-refractivity contribution in [3.63, 3.8) is 0 Å². The van der Waals surface area contributed by atoms with E-state index in [1.807, 2.05) is 0 Å². The average molecular weight is 200 g/mol. The molecule has 0 aliphatic carbocycles. The third-order valence-electron chi connectivity index (χ3n) is 0. The van der Waals surface area contributed by atoms with Crippen molar-refractivity contribution in [3.8, 4) is 0 Å². The summed E-state index contributed by atoms with van der Waals surface area (Å²) in [6, 6.07) is 0. The molecule has 0 heterocycles. The van der Waals surface area contributed by atoms with Crippen LogP contribution in [0.5, 0.6) is 0 Å². The molecule has 4 heavy (non-hydrogen) atoms. The van der Waals surface area contributed by atoms with Gasteiger partial charge in [0.05, 0.1) is 0 Å². The number of halogens is 3. The Morgan fingerprint density at radius 1 is 1.00 bits per heavy atom. The van der Waals surface area contributed by atoms with E-state index in [0.717, 1.165) is 0 Å². The minimum absolute atomic E-state index is 0. The fourth-order valence-electron chi connectivity index (χ4n) is 0. The predicted octanol–water partition coefficient (Wildman–Crippen LogP) is 1.83. The first kappa shape index (κ1) is 85.6. The zero-order valence-corrected chi connectivity index (χ0v) is 4.37. The first-order chi connectivity index (χ1) is 0. The van der Waals surface area contributed by atoms with E-state index in [4.69, 9.17) is 0 Å². The fourth-order valence-corrected chi connectivity index (χ4v) is 0. The van der Waals surface area contributed by atoms with Crippen molar-refractivity contribution in [2.75, 3.05) is 0 Å². The highest BCUT2D eigenvalue weighted by molar-refractivity contribution is 14.0. The number of hydrogen-bond donors (Lipinski definition) is 0. The largest absolute Gasteiger partial charge is 0.269 e. The standard InChI is InChI=1S/CH4.ClH.FH.HI/h1H4;3*1H. The summed E-state index contributed by atoms with van der Waals surface area (Å²) in [5.41, 5.74) is 0. The Bertz CT molecular complexity index is 8.00. The Labute approximate surface area is 48.8 Å². The van der Waals surface area contributed by atoms with Gasteiger partial charge in [-0.05, 0) is 0 Å². The number of rotatable bonds is 0. The van der Waals surface area contributed by atoms with Crippen molar-refractivity contribution in [2.24, 2.45) is 0 Å². The van der Waals surface area contributed by atoms with Gasteiger partial charge in [-0.3, -0.25) is 4.70 Å². The monoisotopic (exact) mass is 200 g/mol. The Morgan fingerprint density at radius 3 is 1.00 bits per heavy atom. The second kappa shape index (κ2) is 38.1. The molecule has 0 aliphatic heterocycles. The van der Waals surface area contributed by atoms with Gasteiger partial charge in [-0.15, -0.1) is 36.4 Å². The summed E-state index contributed by atoms with van der Waals surface area (Å²) >= 11 is 0. The Kier molecular flexibility index (Phi) is 815. The molecule has 0 fully saturated rings. The lowest BCUT2D eigenvalue weighted by molar-refractivity contribution is 1.11. The quantitative estimate of drug-likeness (QED) is 0.523. The van der Waals surface area contributed by atoms with Crippen molar-refractivity contribution >= 4 is 36.4 Å². The van der Waals surface area contributed by atoms with E-state index in [0.29, 0.717) is 0 Å². The summed E-state index contributed by atoms with van der Waals surface area (Å²) in [5, 5.41) is 0. The molecule has 0 unspecified atom stereocenters. The molecule has 0 aromatic heterocycles. The van der Waals surface area contributed by atoms with Crippen LogP contribution in [0, 0.1) is 0 Å². The van der Waals surface area contributed by atoms with E-state index in [2.05, 4.69) is 0 Å². The molecule has 0 bridgehead atoms. The molecule has 0 spiro atoms. The lowest BCUT2D eigenvalue weighted by Gasteiger charge is -0.269. The first-order valence-electron chi connectivity index (χ1n) is 0. The van der Waals surface area contributed by atoms with Crippen LogP contribution >= 0.6 is 36.4 Å². The third-order valence-corrected chi connectivity index (χ3v) is 0. The van der Waals surface area contributed by atoms with Crippen LogP contribution in [-0.2, 0) is 0 Å². The van der Waals surface area contributed by atoms with Gasteiger partial charge in [-0.2, -0.15) is 0 Å². The second-order valence-corrected chi connectivity index (χ2v) is 0. The van der Waals surface area contributed by atoms with Gasteiger partial charge in [0.25, 0.3) is 0 Å². The van der Waals surface area contributed by atoms with E-state index < -0.39 is 0 Å². The van der Waals surface area contributed by atoms with E-state index in [-0.39, 0.29) is 48.5 Å². The lowest BCUT2D eigenvalue weighted by atomic mass is 12.0. The van der Waals surface area contributed by atoms with Crippen LogP contribution < -0.4 is 0 Å². The molecule has 3 heteroatoms. The molecule has 0 atom stereocenters. The van der Waals surface area contributed by atoms with Crippen molar-refractivity contribution in [2.45, 2.75) is 7.43 Å². The van der Waals surface area contributed by atoms with Gasteiger partial charge in [0, 0.05) is 0 Å². The fraction of sp³-hybridized carbons (Fsp3) is 1.00. The SMILES string of the molecule is C.Cl.F.I. The zero-order valence-electron chi connectivity index (χ0n) is 1.22. The first-order valence-corrected chi connectivity index (χ1v) is 0. The van der Waals surface area contributed by atoms with Crippen molar-refractivity contribution in [1.82, 2.24) is 0 Å². The molecule has 0 N–H and O–H groups in total. The highest BCUT2D eigenvalue weighted by Gasteiger charge is -0.0775. The zero-order chi connectivity index (χ0) is 0. The van der Waals surface area contributed by atoms with Crippen LogP contribution in [0.3, 0.4) is 0 Å². The van der Waals surface area contributed by atoms with Crippen LogP contribution in [-0.4, -0.2) is 0 Å². The highest BCUT2D eigenvalue weighted by Crippen LogP contribution is 0.886. The number of hydrogen-bond acceptors (Lipinski definition) is 0. The minimum atomic E-state index is 0. The van der Waals surface area contributed by atoms with E-state index >= 15 is 0 Å². The van der Waals surface area contributed by atoms with E-state index in [1.165, 1.54) is 0 Å². The van der Waals surface area contributed by atoms with Crippen LogP contribution in [0.4, 0.5) is 4.70 Å². The van der Waals surface area contributed by atoms with Crippen LogP contribution in [0.15, 0.2) is 0 Å². The minimum Gasteiger partial charge on any atom is -0.269 e. The van der Waals surface area contributed by atoms with Gasteiger partial charge >= 0.3 is 0 Å². The molecule has 0 aliphatic rings. The molecule has 0 rings (SSSR count). The van der Waals surface area contributed by atoms with Gasteiger partial charge in [-0.25, -0.2) is 0 Å². The molecule has 0 aromatic rings. The van der Waals surface area contributed by atoms with Crippen molar-refractivity contribution < 1.29 is 4.70 Å². The summed E-state index contributed by atoms with van der Waals surface area (Å²) in [5.74, 6) is 0. The Balaban J connectivity index is 0. The molecule has 0 aromatic carbocycles. The lowest BCUT2D eigenvalue weighted by Crippen LogP contribution is 0.144. The normalized spacial score (nSPS) is 0. The topological polar surface area (TPSA) is 0 Å². The maximum Gasteiger partial charge on any atom is -0.0776 e. The van der Waals surface area contributed by atoms with Crippen LogP contribution in [0.2, 0.25) is 0 Å². The van der Waals surface area contributed by atoms with Gasteiger partial charge in [0.2, 0.25) is 0 Å². The third kappa shape index (κ3) is 12.4. The van der Waals surface area contributed by atoms with Gasteiger partial charge < -0.3 is 0 Å². The van der Waals surface area contributed by atoms with Crippen LogP contribution in [0.1, 0.15) is 7.43 Å². The predicted molar refractivity (Wildman–Crippen MR) is 31.9 cm³/mol. The summed E-state index contributed by atoms with van der Waals surface area (Å²) in [6.45, 7) is 0. The highest BCUT2D eigenvalue weighted by atomic mass is 127. The summed E-state index contributed by atoms with van der Waals surface area (Å²) in [6.07, 6.45) is 0. The van der Waals surface area contributed by atoms with E-state index in [1.54, 1.807) is 0 Å². The molecule has 0 saturated heterocycles. The maximum atomic E-state index is 0. The van der Waals surface area contributed by atoms with E-state index in [9.17, 15) is 0 Å². The second-order valence-electron chi connectivity index (χ2n) is 0. The van der Waals surface area contributed by atoms with Crippen LogP contribution in [0.25, 0.3) is 0 Å². The summed E-state index contributed by atoms with van der Waals surface area (Å²) in [7, 11) is 0. The molecule has 0 saturated carbocycles. The van der Waals surface area contributed by atoms with Gasteiger partial charge in [0.1, 0.15) is 0 Å². The Hall–Kier alpha value is 0.950.